The zero-order valence-electron chi connectivity index (χ0n) is 21.9. The number of aromatic nitrogens is 4. The number of hydrogen-bond acceptors (Lipinski definition) is 12. The molecule has 1 saturated heterocycles. The molecule has 0 aliphatic carbocycles. The molecular formula is C24H30N7O8P. The summed E-state index contributed by atoms with van der Waals surface area (Å²) in [7, 11) is -4.28. The van der Waals surface area contributed by atoms with Crippen molar-refractivity contribution in [3.8, 4) is 18.1 Å². The predicted octanol–water partition coefficient (Wildman–Crippen LogP) is 0.424. The summed E-state index contributed by atoms with van der Waals surface area (Å²) in [4.78, 5) is 35.0. The largest absolute Gasteiger partial charge is 0.462 e. The van der Waals surface area contributed by atoms with Crippen molar-refractivity contribution >= 4 is 30.8 Å². The van der Waals surface area contributed by atoms with Gasteiger partial charge in [0.2, 0.25) is 5.95 Å². The number of nitrogens with one attached hydrogen (secondary N) is 2. The molecule has 40 heavy (non-hydrogen) atoms. The van der Waals surface area contributed by atoms with Crippen LogP contribution in [-0.2, 0) is 23.4 Å². The topological polar surface area (TPSA) is 219 Å². The first kappa shape index (κ1) is 29.2. The van der Waals surface area contributed by atoms with E-state index in [4.69, 9.17) is 36.4 Å². The molecule has 214 valence electrons. The third-order valence-electron chi connectivity index (χ3n) is 5.94. The van der Waals surface area contributed by atoms with Gasteiger partial charge in [-0.2, -0.15) is 10.1 Å². The maximum Gasteiger partial charge on any atom is 0.459 e. The summed E-state index contributed by atoms with van der Waals surface area (Å²) in [5.74, 6) is 1.65. The van der Waals surface area contributed by atoms with Gasteiger partial charge in [-0.25, -0.2) is 9.55 Å². The van der Waals surface area contributed by atoms with Crippen molar-refractivity contribution < 1.29 is 33.0 Å². The number of para-hydroxylation sites is 1. The van der Waals surface area contributed by atoms with Crippen molar-refractivity contribution in [3.05, 3.63) is 47.0 Å². The van der Waals surface area contributed by atoms with E-state index in [0.717, 1.165) is 0 Å². The van der Waals surface area contributed by atoms with Crippen LogP contribution >= 0.6 is 7.75 Å². The summed E-state index contributed by atoms with van der Waals surface area (Å²) in [5, 5.41) is 13.6. The van der Waals surface area contributed by atoms with E-state index in [1.165, 1.54) is 17.8 Å². The van der Waals surface area contributed by atoms with Crippen molar-refractivity contribution in [1.82, 2.24) is 24.6 Å². The molecule has 16 heteroatoms. The molecule has 1 aliphatic rings. The number of rotatable bonds is 10. The average molecular weight is 576 g/mol. The number of nitrogens with two attached hydrogens (primary N) is 2. The maximum absolute atomic E-state index is 13.8. The number of anilines is 1. The molecule has 0 saturated carbocycles. The van der Waals surface area contributed by atoms with Crippen molar-refractivity contribution in [1.29, 1.82) is 0 Å². The van der Waals surface area contributed by atoms with E-state index in [9.17, 15) is 19.3 Å². The molecule has 3 aromatic rings. The zero-order chi connectivity index (χ0) is 29.2. The number of esters is 1. The fraction of sp³-hybridized carbons (Fsp3) is 0.417. The molecule has 6 atom stereocenters. The summed E-state index contributed by atoms with van der Waals surface area (Å²) >= 11 is 0. The van der Waals surface area contributed by atoms with Crippen molar-refractivity contribution in [2.45, 2.75) is 56.9 Å². The van der Waals surface area contributed by atoms with Gasteiger partial charge in [0.1, 0.15) is 24.0 Å². The number of benzene rings is 1. The first-order chi connectivity index (χ1) is 18.9. The highest BCUT2D eigenvalue weighted by Crippen LogP contribution is 2.46. The lowest BCUT2D eigenvalue weighted by Crippen LogP contribution is -2.53. The average Bonchev–Trinajstić information content (AvgIpc) is 3.42. The molecule has 7 N–H and O–H groups in total. The third-order valence-corrected chi connectivity index (χ3v) is 7.59. The smallest absolute Gasteiger partial charge is 0.459 e. The molecule has 2 unspecified atom stereocenters. The van der Waals surface area contributed by atoms with Crippen LogP contribution in [0.1, 0.15) is 27.0 Å². The summed E-state index contributed by atoms with van der Waals surface area (Å²) in [5.41, 5.74) is 9.57. The Bertz CT molecular complexity index is 1520. The van der Waals surface area contributed by atoms with Crippen LogP contribution in [0.4, 0.5) is 5.95 Å². The number of ether oxygens (including phenoxy) is 2. The van der Waals surface area contributed by atoms with Crippen LogP contribution in [0.15, 0.2) is 41.5 Å². The SMILES string of the molecule is C#CC1(N)[C@@H](O)[C@@H](COP(=O)(N[C@@H](C)C(=O)OC(C)C)Oc2ccccc2)O[C@H]1n1cnc2c(=O)[nH]c(N)nc21. The van der Waals surface area contributed by atoms with Crippen LogP contribution in [0, 0.1) is 12.3 Å². The second-order valence-electron chi connectivity index (χ2n) is 9.36. The van der Waals surface area contributed by atoms with Gasteiger partial charge in [-0.05, 0) is 32.9 Å². The Morgan fingerprint density at radius 2 is 2.08 bits per heavy atom. The third kappa shape index (κ3) is 5.87. The highest BCUT2D eigenvalue weighted by molar-refractivity contribution is 7.52. The number of imidazole rings is 1. The maximum atomic E-state index is 13.8. The minimum Gasteiger partial charge on any atom is -0.462 e. The first-order valence-electron chi connectivity index (χ1n) is 12.2. The molecule has 0 spiro atoms. The quantitative estimate of drug-likeness (QED) is 0.126. The van der Waals surface area contributed by atoms with E-state index < -0.39 is 62.0 Å². The fourth-order valence-electron chi connectivity index (χ4n) is 4.01. The molecule has 1 fully saturated rings. The molecule has 0 bridgehead atoms. The standard InChI is InChI=1S/C24H30N7O8P/c1-5-24(26)18(32)16(38-22(24)31-12-27-17-19(31)28-23(25)29-20(17)33)11-36-40(35,39-15-9-7-6-8-10-15)30-14(4)21(34)37-13(2)3/h1,6-10,12-14,16,18,22,32H,11,26H2,2-4H3,(H,30,35)(H3,25,28,29,33)/t14-,16+,18-,22+,24?,40?/m0/s1. The molecule has 2 aromatic heterocycles. The van der Waals surface area contributed by atoms with E-state index in [0.29, 0.717) is 0 Å². The minimum absolute atomic E-state index is 0.0160. The van der Waals surface area contributed by atoms with E-state index in [1.54, 1.807) is 44.2 Å². The number of terminal acetylenes is 1. The van der Waals surface area contributed by atoms with E-state index >= 15 is 0 Å². The molecule has 0 amide bonds. The van der Waals surface area contributed by atoms with Crippen molar-refractivity contribution in [2.24, 2.45) is 5.73 Å². The van der Waals surface area contributed by atoms with Gasteiger partial charge >= 0.3 is 13.7 Å². The first-order valence-corrected chi connectivity index (χ1v) is 13.7. The number of aliphatic hydroxyl groups excluding tert-OH is 1. The lowest BCUT2D eigenvalue weighted by molar-refractivity contribution is -0.149. The summed E-state index contributed by atoms with van der Waals surface area (Å²) in [6.07, 6.45) is 2.44. The lowest BCUT2D eigenvalue weighted by Gasteiger charge is -2.27. The number of aromatic amines is 1. The predicted molar refractivity (Wildman–Crippen MR) is 143 cm³/mol. The Kier molecular flexibility index (Phi) is 8.31. The number of hydrogen-bond donors (Lipinski definition) is 5. The Balaban J connectivity index is 1.59. The number of H-pyrrole nitrogens is 1. The summed E-state index contributed by atoms with van der Waals surface area (Å²) in [6.45, 7) is 4.23. The second kappa shape index (κ2) is 11.4. The monoisotopic (exact) mass is 575 g/mol. The Hall–Kier alpha value is -3.77. The van der Waals surface area contributed by atoms with Crippen molar-refractivity contribution in [2.75, 3.05) is 12.3 Å². The van der Waals surface area contributed by atoms with Gasteiger partial charge in [0.25, 0.3) is 5.56 Å². The molecule has 3 heterocycles. The van der Waals surface area contributed by atoms with Crippen LogP contribution in [0.25, 0.3) is 11.2 Å². The van der Waals surface area contributed by atoms with Gasteiger partial charge < -0.3 is 30.6 Å². The normalized spacial score (nSPS) is 24.9. The van der Waals surface area contributed by atoms with E-state index in [-0.39, 0.29) is 22.9 Å². The highest BCUT2D eigenvalue weighted by Gasteiger charge is 2.55. The van der Waals surface area contributed by atoms with Crippen LogP contribution in [0.3, 0.4) is 0 Å². The van der Waals surface area contributed by atoms with Crippen molar-refractivity contribution in [3.63, 3.8) is 0 Å². The molecule has 15 nitrogen and oxygen atoms in total. The summed E-state index contributed by atoms with van der Waals surface area (Å²) in [6, 6.07) is 7.03. The lowest BCUT2D eigenvalue weighted by atomic mass is 9.92. The van der Waals surface area contributed by atoms with Crippen LogP contribution < -0.4 is 26.6 Å². The summed E-state index contributed by atoms with van der Waals surface area (Å²) < 4.78 is 37.4. The number of fused-ring (bicyclic) bond motifs is 1. The number of nitrogens with zero attached hydrogens (tertiary/aromatic N) is 3. The Morgan fingerprint density at radius 1 is 1.38 bits per heavy atom. The molecule has 1 aliphatic heterocycles. The van der Waals surface area contributed by atoms with Crippen LogP contribution in [0.5, 0.6) is 5.75 Å². The van der Waals surface area contributed by atoms with Gasteiger partial charge in [-0.1, -0.05) is 24.1 Å². The zero-order valence-corrected chi connectivity index (χ0v) is 22.8. The second-order valence-corrected chi connectivity index (χ2v) is 11.1. The fourth-order valence-corrected chi connectivity index (χ4v) is 5.51. The van der Waals surface area contributed by atoms with E-state index in [1.807, 2.05) is 0 Å². The number of nitrogen functional groups attached to an aromatic ring is 1. The molecular weight excluding hydrogens is 545 g/mol. The van der Waals surface area contributed by atoms with Gasteiger partial charge in [0.05, 0.1) is 19.0 Å². The Labute approximate surface area is 228 Å². The molecule has 1 aromatic carbocycles. The highest BCUT2D eigenvalue weighted by atomic mass is 31.2. The van der Waals surface area contributed by atoms with Gasteiger partial charge in [-0.15, -0.1) is 6.42 Å². The number of aliphatic hydroxyl groups is 1. The van der Waals surface area contributed by atoms with Gasteiger partial charge in [-0.3, -0.25) is 23.7 Å². The molecule has 0 radical (unpaired) electrons. The van der Waals surface area contributed by atoms with Gasteiger partial charge in [0, 0.05) is 0 Å². The van der Waals surface area contributed by atoms with Crippen LogP contribution in [0.2, 0.25) is 0 Å². The number of carbonyl (C=O) groups is 1. The Morgan fingerprint density at radius 3 is 2.73 bits per heavy atom. The van der Waals surface area contributed by atoms with E-state index in [2.05, 4.69) is 26.0 Å². The minimum atomic E-state index is -4.28. The molecule has 4 rings (SSSR count). The number of carbonyl (C=O) groups excluding carboxylic acids is 1. The van der Waals surface area contributed by atoms with Gasteiger partial charge in [0.15, 0.2) is 22.9 Å². The van der Waals surface area contributed by atoms with Crippen LogP contribution in [-0.4, -0.2) is 67.1 Å².